The maximum absolute atomic E-state index is 12.9. The quantitative estimate of drug-likeness (QED) is 0.398. The highest BCUT2D eigenvalue weighted by Gasteiger charge is 2.56. The van der Waals surface area contributed by atoms with E-state index in [2.05, 4.69) is 24.4 Å². The Kier molecular flexibility index (Phi) is 8.01. The Balaban J connectivity index is 2.07. The number of anilines is 1. The number of thioether (sulfide) groups is 1. The van der Waals surface area contributed by atoms with Crippen LogP contribution in [0.2, 0.25) is 0 Å². The smallest absolute Gasteiger partial charge is 0.449 e. The number of imidazole rings is 1. The molecule has 3 heterocycles. The monoisotopic (exact) mass is 585 g/mol. The van der Waals surface area contributed by atoms with Crippen molar-refractivity contribution in [2.75, 3.05) is 17.3 Å². The van der Waals surface area contributed by atoms with E-state index in [1.807, 2.05) is 0 Å². The number of hydrogen-bond donors (Lipinski definition) is 1. The van der Waals surface area contributed by atoms with Gasteiger partial charge in [0.05, 0.1) is 6.33 Å². The van der Waals surface area contributed by atoms with E-state index in [1.54, 1.807) is 0 Å². The van der Waals surface area contributed by atoms with Gasteiger partial charge in [0.2, 0.25) is 0 Å². The molecule has 4 unspecified atom stereocenters. The van der Waals surface area contributed by atoms with Crippen LogP contribution in [0.4, 0.5) is 45.3 Å². The zero-order chi connectivity index (χ0) is 28.6. The molecule has 1 fully saturated rings. The van der Waals surface area contributed by atoms with Crippen molar-refractivity contribution in [3.8, 4) is 0 Å². The highest BCUT2D eigenvalue weighted by molar-refractivity contribution is 7.98. The molecule has 3 rings (SSSR count). The first-order valence-electron chi connectivity index (χ1n) is 9.70. The van der Waals surface area contributed by atoms with E-state index in [1.165, 1.54) is 11.6 Å². The van der Waals surface area contributed by atoms with Crippen LogP contribution >= 0.6 is 11.8 Å². The molecular formula is C17H12F9N5O6S. The van der Waals surface area contributed by atoms with Gasteiger partial charge in [-0.25, -0.2) is 24.5 Å². The van der Waals surface area contributed by atoms with Gasteiger partial charge in [-0.05, 0) is 6.26 Å². The van der Waals surface area contributed by atoms with E-state index in [4.69, 9.17) is 4.74 Å². The van der Waals surface area contributed by atoms with Crippen LogP contribution in [0.5, 0.6) is 0 Å². The lowest BCUT2D eigenvalue weighted by Gasteiger charge is -2.25. The summed E-state index contributed by atoms with van der Waals surface area (Å²) in [7, 11) is 0. The fourth-order valence-corrected chi connectivity index (χ4v) is 3.78. The number of carbonyl (C=O) groups excluding carboxylic acids is 3. The largest absolute Gasteiger partial charge is 0.490 e. The highest BCUT2D eigenvalue weighted by atomic mass is 32.2. The first-order chi connectivity index (χ1) is 17.4. The molecule has 0 radical (unpaired) electrons. The topological polar surface area (TPSA) is 135 Å². The van der Waals surface area contributed by atoms with E-state index >= 15 is 0 Å². The van der Waals surface area contributed by atoms with Crippen molar-refractivity contribution in [1.29, 1.82) is 0 Å². The minimum Gasteiger partial charge on any atom is -0.449 e. The molecule has 0 bridgehead atoms. The third kappa shape index (κ3) is 6.19. The summed E-state index contributed by atoms with van der Waals surface area (Å²) in [6.45, 7) is 0. The van der Waals surface area contributed by atoms with Gasteiger partial charge in [0.25, 0.3) is 0 Å². The fourth-order valence-electron chi connectivity index (χ4n) is 3.19. The van der Waals surface area contributed by atoms with Crippen molar-refractivity contribution in [2.45, 2.75) is 43.1 Å². The van der Waals surface area contributed by atoms with E-state index < -0.39 is 77.9 Å². The maximum Gasteiger partial charge on any atom is 0.490 e. The normalized spacial score (nSPS) is 22.4. The predicted octanol–water partition coefficient (Wildman–Crippen LogP) is 2.54. The van der Waals surface area contributed by atoms with Crippen molar-refractivity contribution >= 4 is 46.6 Å². The number of esters is 2. The number of aromatic nitrogens is 4. The second-order valence-corrected chi connectivity index (χ2v) is 8.16. The lowest BCUT2D eigenvalue weighted by molar-refractivity contribution is -0.221. The molecule has 38 heavy (non-hydrogen) atoms. The van der Waals surface area contributed by atoms with Crippen molar-refractivity contribution in [3.05, 3.63) is 12.7 Å². The zero-order valence-electron chi connectivity index (χ0n) is 18.2. The molecule has 2 aromatic heterocycles. The van der Waals surface area contributed by atoms with Crippen LogP contribution in [0.15, 0.2) is 12.7 Å². The third-order valence-electron chi connectivity index (χ3n) is 4.69. The summed E-state index contributed by atoms with van der Waals surface area (Å²) in [5.41, 5.74) is -1.05. The molecule has 2 aromatic rings. The van der Waals surface area contributed by atoms with Gasteiger partial charge in [-0.3, -0.25) is 9.36 Å². The summed E-state index contributed by atoms with van der Waals surface area (Å²) in [4.78, 5) is 45.2. The van der Waals surface area contributed by atoms with Gasteiger partial charge in [0, 0.05) is 5.75 Å². The Morgan fingerprint density at radius 2 is 1.53 bits per heavy atom. The van der Waals surface area contributed by atoms with Crippen LogP contribution < -0.4 is 5.32 Å². The van der Waals surface area contributed by atoms with E-state index in [-0.39, 0.29) is 5.75 Å². The molecule has 1 aliphatic heterocycles. The first kappa shape index (κ1) is 29.2. The number of rotatable bonds is 6. The van der Waals surface area contributed by atoms with Gasteiger partial charge in [0.1, 0.15) is 12.4 Å². The van der Waals surface area contributed by atoms with Crippen LogP contribution in [0.3, 0.4) is 0 Å². The lowest BCUT2D eigenvalue weighted by atomic mass is 10.1. The number of halogens is 9. The summed E-state index contributed by atoms with van der Waals surface area (Å²) in [5, 5.41) is 1.41. The molecule has 1 amide bonds. The first-order valence-corrected chi connectivity index (χ1v) is 11.1. The molecule has 4 atom stereocenters. The molecular weight excluding hydrogens is 573 g/mol. The Hall–Kier alpha value is -3.36. The van der Waals surface area contributed by atoms with Crippen molar-refractivity contribution in [3.63, 3.8) is 0 Å². The maximum atomic E-state index is 12.9. The number of carbonyl (C=O) groups is 3. The van der Waals surface area contributed by atoms with Gasteiger partial charge >= 0.3 is 36.4 Å². The summed E-state index contributed by atoms with van der Waals surface area (Å²) in [6, 6.07) is 0. The number of nitrogens with zero attached hydrogens (tertiary/aromatic N) is 4. The van der Waals surface area contributed by atoms with Gasteiger partial charge in [-0.15, -0.1) is 0 Å². The molecule has 0 saturated carbocycles. The minimum absolute atomic E-state index is 0.277. The Labute approximate surface area is 208 Å². The van der Waals surface area contributed by atoms with Gasteiger partial charge in [0.15, 0.2) is 35.4 Å². The number of hydrogen-bond acceptors (Lipinski definition) is 10. The number of ether oxygens (including phenoxy) is 3. The van der Waals surface area contributed by atoms with Crippen LogP contribution in [0.25, 0.3) is 11.2 Å². The molecule has 21 heteroatoms. The van der Waals surface area contributed by atoms with Crippen LogP contribution in [0.1, 0.15) is 6.23 Å². The highest BCUT2D eigenvalue weighted by Crippen LogP contribution is 2.39. The van der Waals surface area contributed by atoms with Crippen molar-refractivity contribution in [2.24, 2.45) is 0 Å². The Morgan fingerprint density at radius 3 is 2.05 bits per heavy atom. The second kappa shape index (κ2) is 10.4. The van der Waals surface area contributed by atoms with Crippen molar-refractivity contribution < 1.29 is 68.1 Å². The van der Waals surface area contributed by atoms with E-state index in [0.717, 1.165) is 11.8 Å². The lowest BCUT2D eigenvalue weighted by Crippen LogP contribution is -2.44. The molecule has 1 aliphatic rings. The van der Waals surface area contributed by atoms with E-state index in [0.29, 0.717) is 17.2 Å². The van der Waals surface area contributed by atoms with E-state index in [9.17, 15) is 53.9 Å². The molecule has 1 N–H and O–H groups in total. The van der Waals surface area contributed by atoms with Gasteiger partial charge in [-0.2, -0.15) is 51.3 Å². The number of alkyl halides is 9. The SMILES string of the molecule is CSCC1OC(n2cnc3c(NC(=O)C(F)(F)F)ncnc32)C(OC(=O)C(F)(F)F)C1OC(=O)C(F)(F)F. The third-order valence-corrected chi connectivity index (χ3v) is 5.35. The molecule has 0 aromatic carbocycles. The molecule has 210 valence electrons. The summed E-state index contributed by atoms with van der Waals surface area (Å²) in [6.07, 6.45) is -21.9. The standard InChI is InChI=1S/C17H12F9N5O6S/c1-38-2-5-7(36-13(33)16(21,22)23)8(37-14(34)17(24,25)26)11(35-5)31-4-29-6-9(27-3-28-10(6)31)30-12(32)15(18,19)20/h3-5,7-8,11H,2H2,1H3,(H,27,28,30,32). The molecule has 0 spiro atoms. The van der Waals surface area contributed by atoms with Gasteiger partial charge in [-0.1, -0.05) is 0 Å². The number of fused-ring (bicyclic) bond motifs is 1. The summed E-state index contributed by atoms with van der Waals surface area (Å²) >= 11 is 0.913. The van der Waals surface area contributed by atoms with Crippen LogP contribution in [-0.2, 0) is 28.6 Å². The summed E-state index contributed by atoms with van der Waals surface area (Å²) in [5.74, 6) is -9.22. The average molecular weight is 585 g/mol. The second-order valence-electron chi connectivity index (χ2n) is 7.25. The van der Waals surface area contributed by atoms with Crippen molar-refractivity contribution in [1.82, 2.24) is 19.5 Å². The Bertz CT molecular complexity index is 1220. The molecule has 11 nitrogen and oxygen atoms in total. The van der Waals surface area contributed by atoms with Gasteiger partial charge < -0.3 is 19.5 Å². The number of amides is 1. The molecule has 0 aliphatic carbocycles. The minimum atomic E-state index is -5.63. The molecule has 1 saturated heterocycles. The summed E-state index contributed by atoms with van der Waals surface area (Å²) < 4.78 is 130. The predicted molar refractivity (Wildman–Crippen MR) is 104 cm³/mol. The average Bonchev–Trinajstić information content (AvgIpc) is 3.35. The van der Waals surface area contributed by atoms with Crippen LogP contribution in [0, 0.1) is 0 Å². The Morgan fingerprint density at radius 1 is 0.947 bits per heavy atom. The zero-order valence-corrected chi connectivity index (χ0v) is 19.0. The van der Waals surface area contributed by atoms with Crippen LogP contribution in [-0.4, -0.2) is 86.2 Å². The fraction of sp³-hybridized carbons (Fsp3) is 0.529. The number of nitrogens with one attached hydrogen (secondary N) is 1.